The van der Waals surface area contributed by atoms with E-state index < -0.39 is 0 Å². The fourth-order valence-electron chi connectivity index (χ4n) is 3.31. The van der Waals surface area contributed by atoms with Crippen LogP contribution in [0.3, 0.4) is 0 Å². The summed E-state index contributed by atoms with van der Waals surface area (Å²) < 4.78 is 2.77. The van der Waals surface area contributed by atoms with Crippen LogP contribution < -0.4 is 5.32 Å². The molecule has 0 spiro atoms. The van der Waals surface area contributed by atoms with Crippen LogP contribution in [0, 0.1) is 0 Å². The minimum Gasteiger partial charge on any atom is -0.355 e. The van der Waals surface area contributed by atoms with Crippen molar-refractivity contribution in [2.24, 2.45) is 7.05 Å². The molecule has 5 aromatic rings. The standard InChI is InChI=1S/C22H16BrN5S/c1-28-13-18(23)21(27-28)14-3-2-4-16(11-14)26-19-7-8-24-20-12-15(5-6-17(19)20)22-25-9-10-29-22/h2-13H,1H3,(H,24,26). The number of hydrogen-bond donors (Lipinski definition) is 1. The monoisotopic (exact) mass is 461 g/mol. The molecule has 0 aliphatic heterocycles. The van der Waals surface area contributed by atoms with E-state index in [2.05, 4.69) is 72.7 Å². The van der Waals surface area contributed by atoms with Gasteiger partial charge in [-0.05, 0) is 40.2 Å². The third-order valence-electron chi connectivity index (χ3n) is 4.62. The zero-order valence-electron chi connectivity index (χ0n) is 15.5. The Bertz CT molecular complexity index is 1310. The molecule has 0 unspecified atom stereocenters. The zero-order chi connectivity index (χ0) is 19.8. The number of pyridine rings is 1. The van der Waals surface area contributed by atoms with Gasteiger partial charge in [0.1, 0.15) is 10.7 Å². The molecule has 0 amide bonds. The molecule has 0 fully saturated rings. The van der Waals surface area contributed by atoms with Crippen LogP contribution >= 0.6 is 27.3 Å². The molecule has 29 heavy (non-hydrogen) atoms. The molecule has 0 aliphatic rings. The fourth-order valence-corrected chi connectivity index (χ4v) is 4.55. The number of fused-ring (bicyclic) bond motifs is 1. The second-order valence-corrected chi connectivity index (χ2v) is 8.38. The van der Waals surface area contributed by atoms with E-state index in [4.69, 9.17) is 0 Å². The highest BCUT2D eigenvalue weighted by Gasteiger charge is 2.10. The van der Waals surface area contributed by atoms with Gasteiger partial charge in [-0.1, -0.05) is 24.3 Å². The second-order valence-electron chi connectivity index (χ2n) is 6.63. The highest BCUT2D eigenvalue weighted by atomic mass is 79.9. The Kier molecular flexibility index (Phi) is 4.61. The lowest BCUT2D eigenvalue weighted by Gasteiger charge is -2.11. The number of aryl methyl sites for hydroxylation is 1. The van der Waals surface area contributed by atoms with Crippen molar-refractivity contribution in [1.29, 1.82) is 0 Å². The topological polar surface area (TPSA) is 55.6 Å². The van der Waals surface area contributed by atoms with Crippen LogP contribution in [-0.4, -0.2) is 19.7 Å². The van der Waals surface area contributed by atoms with Gasteiger partial charge in [0.2, 0.25) is 0 Å². The Morgan fingerprint density at radius 1 is 1.00 bits per heavy atom. The molecule has 0 saturated heterocycles. The van der Waals surface area contributed by atoms with Crippen LogP contribution in [0.25, 0.3) is 32.7 Å². The maximum Gasteiger partial charge on any atom is 0.123 e. The number of halogens is 1. The van der Waals surface area contributed by atoms with Crippen LogP contribution in [0.15, 0.2) is 77.0 Å². The molecule has 5 nitrogen and oxygen atoms in total. The summed E-state index contributed by atoms with van der Waals surface area (Å²) in [6, 6.07) is 16.5. The highest BCUT2D eigenvalue weighted by Crippen LogP contribution is 2.32. The number of nitrogens with one attached hydrogen (secondary N) is 1. The smallest absolute Gasteiger partial charge is 0.123 e. The summed E-state index contributed by atoms with van der Waals surface area (Å²) in [7, 11) is 1.92. The molecule has 0 atom stereocenters. The van der Waals surface area contributed by atoms with Gasteiger partial charge in [-0.25, -0.2) is 4.98 Å². The quantitative estimate of drug-likeness (QED) is 0.342. The van der Waals surface area contributed by atoms with Crippen molar-refractivity contribution >= 4 is 49.5 Å². The maximum atomic E-state index is 4.55. The predicted octanol–water partition coefficient (Wildman–Crippen LogP) is 6.26. The van der Waals surface area contributed by atoms with Crippen LogP contribution in [0.4, 0.5) is 11.4 Å². The number of hydrogen-bond acceptors (Lipinski definition) is 5. The number of aromatic nitrogens is 4. The minimum atomic E-state index is 0.920. The molecular weight excluding hydrogens is 446 g/mol. The van der Waals surface area contributed by atoms with Crippen molar-refractivity contribution in [2.75, 3.05) is 5.32 Å². The number of nitrogens with zero attached hydrogens (tertiary/aromatic N) is 4. The third-order valence-corrected chi connectivity index (χ3v) is 6.02. The zero-order valence-corrected chi connectivity index (χ0v) is 17.9. The normalized spacial score (nSPS) is 11.1. The number of benzene rings is 2. The molecule has 0 radical (unpaired) electrons. The molecule has 3 heterocycles. The summed E-state index contributed by atoms with van der Waals surface area (Å²) >= 11 is 5.21. The van der Waals surface area contributed by atoms with E-state index in [-0.39, 0.29) is 0 Å². The minimum absolute atomic E-state index is 0.920. The largest absolute Gasteiger partial charge is 0.355 e. The van der Waals surface area contributed by atoms with Crippen LogP contribution in [-0.2, 0) is 7.05 Å². The summed E-state index contributed by atoms with van der Waals surface area (Å²) in [5.74, 6) is 0. The van der Waals surface area contributed by atoms with Crippen LogP contribution in [0.5, 0.6) is 0 Å². The first-order valence-corrected chi connectivity index (χ1v) is 10.7. The molecule has 5 rings (SSSR count). The van der Waals surface area contributed by atoms with Crippen LogP contribution in [0.1, 0.15) is 0 Å². The number of thiazole rings is 1. The Morgan fingerprint density at radius 3 is 2.72 bits per heavy atom. The molecule has 3 aromatic heterocycles. The van der Waals surface area contributed by atoms with E-state index in [1.54, 1.807) is 16.0 Å². The summed E-state index contributed by atoms with van der Waals surface area (Å²) in [4.78, 5) is 8.95. The number of anilines is 2. The summed E-state index contributed by atoms with van der Waals surface area (Å²) in [6.45, 7) is 0. The van der Waals surface area contributed by atoms with Gasteiger partial charge in [0.25, 0.3) is 0 Å². The molecule has 0 aliphatic carbocycles. The average Bonchev–Trinajstić information content (AvgIpc) is 3.38. The first-order valence-electron chi connectivity index (χ1n) is 9.02. The van der Waals surface area contributed by atoms with Gasteiger partial charge >= 0.3 is 0 Å². The van der Waals surface area contributed by atoms with E-state index in [1.165, 1.54) is 0 Å². The lowest BCUT2D eigenvalue weighted by Crippen LogP contribution is -1.94. The lowest BCUT2D eigenvalue weighted by molar-refractivity contribution is 0.770. The molecule has 142 valence electrons. The van der Waals surface area contributed by atoms with E-state index in [0.29, 0.717) is 0 Å². The molecule has 7 heteroatoms. The summed E-state index contributed by atoms with van der Waals surface area (Å²) in [6.07, 6.45) is 5.60. The fraction of sp³-hybridized carbons (Fsp3) is 0.0455. The Balaban J connectivity index is 1.50. The Labute approximate surface area is 180 Å². The summed E-state index contributed by atoms with van der Waals surface area (Å²) in [5.41, 5.74) is 6.00. The molecule has 0 bridgehead atoms. The Morgan fingerprint density at radius 2 is 1.93 bits per heavy atom. The van der Waals surface area contributed by atoms with Gasteiger partial charge in [-0.15, -0.1) is 11.3 Å². The summed E-state index contributed by atoms with van der Waals surface area (Å²) in [5, 5.41) is 12.1. The van der Waals surface area contributed by atoms with Crippen molar-refractivity contribution in [1.82, 2.24) is 19.7 Å². The molecular formula is C22H16BrN5S. The van der Waals surface area contributed by atoms with E-state index in [0.717, 1.165) is 48.6 Å². The lowest BCUT2D eigenvalue weighted by atomic mass is 10.1. The van der Waals surface area contributed by atoms with E-state index in [1.807, 2.05) is 43.2 Å². The third kappa shape index (κ3) is 3.54. The van der Waals surface area contributed by atoms with Crippen molar-refractivity contribution < 1.29 is 0 Å². The van der Waals surface area contributed by atoms with Crippen molar-refractivity contribution in [3.8, 4) is 21.8 Å². The predicted molar refractivity (Wildman–Crippen MR) is 122 cm³/mol. The van der Waals surface area contributed by atoms with Crippen LogP contribution in [0.2, 0.25) is 0 Å². The molecule has 0 saturated carbocycles. The number of rotatable bonds is 4. The average molecular weight is 462 g/mol. The molecule has 2 aromatic carbocycles. The van der Waals surface area contributed by atoms with Crippen molar-refractivity contribution in [3.05, 3.63) is 77.0 Å². The van der Waals surface area contributed by atoms with Gasteiger partial charge < -0.3 is 5.32 Å². The van der Waals surface area contributed by atoms with Crippen molar-refractivity contribution in [2.45, 2.75) is 0 Å². The highest BCUT2D eigenvalue weighted by molar-refractivity contribution is 9.10. The first kappa shape index (κ1) is 18.0. The second kappa shape index (κ2) is 7.42. The van der Waals surface area contributed by atoms with Gasteiger partial charge in [0.15, 0.2) is 0 Å². The van der Waals surface area contributed by atoms with E-state index >= 15 is 0 Å². The van der Waals surface area contributed by atoms with Gasteiger partial charge in [-0.2, -0.15) is 5.10 Å². The van der Waals surface area contributed by atoms with Crippen molar-refractivity contribution in [3.63, 3.8) is 0 Å². The van der Waals surface area contributed by atoms with E-state index in [9.17, 15) is 0 Å². The Hall–Kier alpha value is -3.03. The molecule has 1 N–H and O–H groups in total. The van der Waals surface area contributed by atoms with Gasteiger partial charge in [0, 0.05) is 58.9 Å². The van der Waals surface area contributed by atoms with Gasteiger partial charge in [-0.3, -0.25) is 9.67 Å². The van der Waals surface area contributed by atoms with Gasteiger partial charge in [0.05, 0.1) is 9.99 Å². The maximum absolute atomic E-state index is 4.55. The first-order chi connectivity index (χ1) is 14.2. The SMILES string of the molecule is Cn1cc(Br)c(-c2cccc(Nc3ccnc4cc(-c5nccs5)ccc34)c2)n1.